The predicted molar refractivity (Wildman–Crippen MR) is 101 cm³/mol. The lowest BCUT2D eigenvalue weighted by Gasteiger charge is -2.11. The maximum atomic E-state index is 12.5. The molecule has 0 aliphatic carbocycles. The van der Waals surface area contributed by atoms with Crippen LogP contribution >= 0.6 is 0 Å². The van der Waals surface area contributed by atoms with Crippen molar-refractivity contribution in [2.45, 2.75) is 13.5 Å². The van der Waals surface area contributed by atoms with E-state index >= 15 is 0 Å². The SMILES string of the molecule is CCOc1cc(/C=C/C(=O)Nc2ccc(-n3cnnn3)cc2)ccc1OC(F)F. The molecule has 1 heterocycles. The molecule has 10 heteroatoms. The van der Waals surface area contributed by atoms with Gasteiger partial charge in [-0.15, -0.1) is 5.10 Å². The van der Waals surface area contributed by atoms with E-state index in [9.17, 15) is 13.6 Å². The van der Waals surface area contributed by atoms with Crippen molar-refractivity contribution in [3.8, 4) is 17.2 Å². The molecule has 0 bridgehead atoms. The van der Waals surface area contributed by atoms with Crippen LogP contribution in [0.25, 0.3) is 11.8 Å². The zero-order valence-electron chi connectivity index (χ0n) is 15.3. The van der Waals surface area contributed by atoms with Crippen LogP contribution in [0.15, 0.2) is 54.9 Å². The normalized spacial score (nSPS) is 11.0. The lowest BCUT2D eigenvalue weighted by Crippen LogP contribution is -2.08. The van der Waals surface area contributed by atoms with Crippen LogP contribution in [0.1, 0.15) is 12.5 Å². The number of anilines is 1. The van der Waals surface area contributed by atoms with Gasteiger partial charge < -0.3 is 14.8 Å². The van der Waals surface area contributed by atoms with Crippen molar-refractivity contribution in [2.75, 3.05) is 11.9 Å². The first-order chi connectivity index (χ1) is 14.0. The fourth-order valence-corrected chi connectivity index (χ4v) is 2.42. The van der Waals surface area contributed by atoms with Gasteiger partial charge in [0.05, 0.1) is 12.3 Å². The fourth-order valence-electron chi connectivity index (χ4n) is 2.42. The second kappa shape index (κ2) is 9.40. The molecule has 0 saturated carbocycles. The highest BCUT2D eigenvalue weighted by molar-refractivity contribution is 6.02. The summed E-state index contributed by atoms with van der Waals surface area (Å²) in [4.78, 5) is 12.1. The van der Waals surface area contributed by atoms with Gasteiger partial charge in [-0.25, -0.2) is 4.68 Å². The second-order valence-electron chi connectivity index (χ2n) is 5.64. The van der Waals surface area contributed by atoms with Crippen LogP contribution in [0.2, 0.25) is 0 Å². The molecular weight excluding hydrogens is 384 g/mol. The molecule has 3 aromatic rings. The molecular formula is C19H17F2N5O3. The van der Waals surface area contributed by atoms with E-state index in [2.05, 4.69) is 25.6 Å². The van der Waals surface area contributed by atoms with Crippen LogP contribution in [-0.4, -0.2) is 39.3 Å². The average Bonchev–Trinajstić information content (AvgIpc) is 3.23. The molecule has 3 rings (SSSR count). The Hall–Kier alpha value is -3.82. The van der Waals surface area contributed by atoms with Gasteiger partial charge in [0.1, 0.15) is 6.33 Å². The summed E-state index contributed by atoms with van der Waals surface area (Å²) in [5.74, 6) is -0.245. The molecule has 8 nitrogen and oxygen atoms in total. The van der Waals surface area contributed by atoms with Gasteiger partial charge in [-0.1, -0.05) is 6.07 Å². The number of hydrogen-bond acceptors (Lipinski definition) is 6. The standard InChI is InChI=1S/C19H17F2N5O3/c1-2-28-17-11-13(3-9-16(17)29-19(20)21)4-10-18(27)23-14-5-7-15(8-6-14)26-12-22-24-25-26/h3-12,19H,2H2,1H3,(H,23,27)/b10-4+. The minimum Gasteiger partial charge on any atom is -0.490 e. The van der Waals surface area contributed by atoms with Crippen molar-refractivity contribution in [2.24, 2.45) is 0 Å². The molecule has 29 heavy (non-hydrogen) atoms. The van der Waals surface area contributed by atoms with Crippen molar-refractivity contribution in [1.82, 2.24) is 20.2 Å². The van der Waals surface area contributed by atoms with E-state index in [4.69, 9.17) is 4.74 Å². The summed E-state index contributed by atoms with van der Waals surface area (Å²) < 4.78 is 36.1. The van der Waals surface area contributed by atoms with Crippen LogP contribution in [0.5, 0.6) is 11.5 Å². The van der Waals surface area contributed by atoms with Gasteiger partial charge in [-0.3, -0.25) is 4.79 Å². The van der Waals surface area contributed by atoms with E-state index in [-0.39, 0.29) is 24.0 Å². The lowest BCUT2D eigenvalue weighted by atomic mass is 10.2. The summed E-state index contributed by atoms with van der Waals surface area (Å²) in [7, 11) is 0. The summed E-state index contributed by atoms with van der Waals surface area (Å²) in [6.07, 6.45) is 4.33. The summed E-state index contributed by atoms with van der Waals surface area (Å²) >= 11 is 0. The monoisotopic (exact) mass is 401 g/mol. The molecule has 0 spiro atoms. The number of amides is 1. The largest absolute Gasteiger partial charge is 0.490 e. The highest BCUT2D eigenvalue weighted by atomic mass is 19.3. The molecule has 0 atom stereocenters. The molecule has 1 amide bonds. The number of carbonyl (C=O) groups excluding carboxylic acids is 1. The number of rotatable bonds is 8. The van der Waals surface area contributed by atoms with Gasteiger partial charge in [-0.05, 0) is 65.4 Å². The first-order valence-corrected chi connectivity index (χ1v) is 8.59. The number of alkyl halides is 2. The Morgan fingerprint density at radius 2 is 2.00 bits per heavy atom. The van der Waals surface area contributed by atoms with Crippen molar-refractivity contribution >= 4 is 17.7 Å². The average molecular weight is 401 g/mol. The first kappa shape index (κ1) is 19.9. The van der Waals surface area contributed by atoms with Crippen LogP contribution in [0, 0.1) is 0 Å². The number of ether oxygens (including phenoxy) is 2. The Morgan fingerprint density at radius 1 is 1.21 bits per heavy atom. The predicted octanol–water partition coefficient (Wildman–Crippen LogP) is 3.31. The number of halogens is 2. The molecule has 1 aromatic heterocycles. The third-order valence-corrected chi connectivity index (χ3v) is 3.66. The summed E-state index contributed by atoms with van der Waals surface area (Å²) in [6, 6.07) is 11.4. The zero-order chi connectivity index (χ0) is 20.6. The van der Waals surface area contributed by atoms with Gasteiger partial charge in [0.25, 0.3) is 0 Å². The van der Waals surface area contributed by atoms with Crippen molar-refractivity contribution in [3.63, 3.8) is 0 Å². The summed E-state index contributed by atoms with van der Waals surface area (Å²) in [6.45, 7) is -0.936. The van der Waals surface area contributed by atoms with Gasteiger partial charge in [0.2, 0.25) is 5.91 Å². The van der Waals surface area contributed by atoms with E-state index in [1.54, 1.807) is 43.3 Å². The van der Waals surface area contributed by atoms with E-state index in [0.29, 0.717) is 11.3 Å². The zero-order valence-corrected chi connectivity index (χ0v) is 15.3. The van der Waals surface area contributed by atoms with Gasteiger partial charge >= 0.3 is 6.61 Å². The molecule has 0 radical (unpaired) electrons. The minimum atomic E-state index is -2.95. The van der Waals surface area contributed by atoms with E-state index in [0.717, 1.165) is 5.69 Å². The van der Waals surface area contributed by atoms with E-state index in [1.807, 2.05) is 0 Å². The number of carbonyl (C=O) groups is 1. The second-order valence-corrected chi connectivity index (χ2v) is 5.64. The molecule has 2 aromatic carbocycles. The number of nitrogens with zero attached hydrogens (tertiary/aromatic N) is 4. The maximum Gasteiger partial charge on any atom is 0.387 e. The summed E-state index contributed by atoms with van der Waals surface area (Å²) in [5, 5.41) is 13.6. The molecule has 150 valence electrons. The number of benzene rings is 2. The van der Waals surface area contributed by atoms with Crippen molar-refractivity contribution < 1.29 is 23.0 Å². The molecule has 0 aliphatic rings. The van der Waals surface area contributed by atoms with E-state index in [1.165, 1.54) is 29.2 Å². The Balaban J connectivity index is 1.64. The summed E-state index contributed by atoms with van der Waals surface area (Å²) in [5.41, 5.74) is 1.93. The number of hydrogen-bond donors (Lipinski definition) is 1. The Kier molecular flexibility index (Phi) is 6.46. The van der Waals surface area contributed by atoms with Crippen LogP contribution in [0.3, 0.4) is 0 Å². The Bertz CT molecular complexity index is 976. The van der Waals surface area contributed by atoms with Crippen LogP contribution in [-0.2, 0) is 4.79 Å². The molecule has 0 unspecified atom stereocenters. The number of tetrazole rings is 1. The van der Waals surface area contributed by atoms with Gasteiger partial charge in [-0.2, -0.15) is 8.78 Å². The highest BCUT2D eigenvalue weighted by Gasteiger charge is 2.11. The molecule has 0 aliphatic heterocycles. The molecule has 1 N–H and O–H groups in total. The highest BCUT2D eigenvalue weighted by Crippen LogP contribution is 2.30. The third-order valence-electron chi connectivity index (χ3n) is 3.66. The smallest absolute Gasteiger partial charge is 0.387 e. The lowest BCUT2D eigenvalue weighted by molar-refractivity contribution is -0.111. The molecule has 0 saturated heterocycles. The fraction of sp³-hybridized carbons (Fsp3) is 0.158. The van der Waals surface area contributed by atoms with E-state index < -0.39 is 6.61 Å². The quantitative estimate of drug-likeness (QED) is 0.583. The Morgan fingerprint density at radius 3 is 2.66 bits per heavy atom. The number of nitrogens with one attached hydrogen (secondary N) is 1. The van der Waals surface area contributed by atoms with Crippen LogP contribution in [0.4, 0.5) is 14.5 Å². The maximum absolute atomic E-state index is 12.5. The molecule has 0 fully saturated rings. The minimum absolute atomic E-state index is 0.0638. The third kappa shape index (κ3) is 5.58. The van der Waals surface area contributed by atoms with Gasteiger partial charge in [0.15, 0.2) is 11.5 Å². The first-order valence-electron chi connectivity index (χ1n) is 8.59. The Labute approximate surface area is 164 Å². The van der Waals surface area contributed by atoms with Crippen LogP contribution < -0.4 is 14.8 Å². The van der Waals surface area contributed by atoms with Crippen molar-refractivity contribution in [3.05, 3.63) is 60.4 Å². The van der Waals surface area contributed by atoms with Gasteiger partial charge in [0, 0.05) is 11.8 Å². The number of aromatic nitrogens is 4. The van der Waals surface area contributed by atoms with Crippen molar-refractivity contribution in [1.29, 1.82) is 0 Å². The topological polar surface area (TPSA) is 91.2 Å².